The van der Waals surface area contributed by atoms with Gasteiger partial charge in [0.1, 0.15) is 17.6 Å². The molecular formula is C33H42N6O3. The zero-order valence-corrected chi connectivity index (χ0v) is 25.3. The second-order valence-corrected chi connectivity index (χ2v) is 12.0. The standard InChI is InChI=1S/C33H42N6O3/c1-6-15-39-16-8-7-12-28(31(39)40)23-10-9-11-27(17-23)42-30-18-24(13-14-25(30)20-34)29(19-26-21-35-22-38(26)5)36-32(41)37-33(2,3)4/h9-11,13-14,17-18,21-22,28-29H,6-8,12,15-16,19H2,1-5H3,(H2,36,37,41). The van der Waals surface area contributed by atoms with Gasteiger partial charge in [-0.3, -0.25) is 4.79 Å². The first-order valence-corrected chi connectivity index (χ1v) is 14.7. The minimum absolute atomic E-state index is 0.170. The molecule has 1 aromatic heterocycles. The summed E-state index contributed by atoms with van der Waals surface area (Å²) in [5.74, 6) is 0.906. The molecule has 2 atom stereocenters. The summed E-state index contributed by atoms with van der Waals surface area (Å²) in [5.41, 5.74) is 2.63. The SMILES string of the molecule is CCCN1CCCCC(c2cccc(Oc3cc(C(Cc4cncn4C)NC(=O)NC(C)(C)C)ccc3C#N)c2)C1=O. The number of urea groups is 1. The third-order valence-electron chi connectivity index (χ3n) is 7.41. The molecule has 2 aromatic carbocycles. The number of amides is 3. The summed E-state index contributed by atoms with van der Waals surface area (Å²) in [6.07, 6.45) is 7.74. The molecule has 9 heteroatoms. The lowest BCUT2D eigenvalue weighted by Gasteiger charge is -2.25. The van der Waals surface area contributed by atoms with Crippen molar-refractivity contribution in [3.63, 3.8) is 0 Å². The molecule has 3 amide bonds. The number of nitrogens with zero attached hydrogens (tertiary/aromatic N) is 4. The molecule has 4 rings (SSSR count). The largest absolute Gasteiger partial charge is 0.456 e. The minimum Gasteiger partial charge on any atom is -0.456 e. The van der Waals surface area contributed by atoms with Gasteiger partial charge >= 0.3 is 6.03 Å². The highest BCUT2D eigenvalue weighted by molar-refractivity contribution is 5.84. The van der Waals surface area contributed by atoms with E-state index in [0.717, 1.165) is 55.6 Å². The molecule has 2 heterocycles. The Kier molecular flexibility index (Phi) is 9.89. The molecule has 1 saturated heterocycles. The normalized spacial score (nSPS) is 16.3. The Morgan fingerprint density at radius 1 is 1.21 bits per heavy atom. The minimum atomic E-state index is -0.405. The van der Waals surface area contributed by atoms with Crippen LogP contribution < -0.4 is 15.4 Å². The monoisotopic (exact) mass is 570 g/mol. The van der Waals surface area contributed by atoms with Gasteiger partial charge in [-0.15, -0.1) is 0 Å². The quantitative estimate of drug-likeness (QED) is 0.329. The van der Waals surface area contributed by atoms with Crippen molar-refractivity contribution in [2.24, 2.45) is 7.05 Å². The summed E-state index contributed by atoms with van der Waals surface area (Å²) in [4.78, 5) is 32.4. The van der Waals surface area contributed by atoms with Gasteiger partial charge in [0.2, 0.25) is 5.91 Å². The highest BCUT2D eigenvalue weighted by atomic mass is 16.5. The Balaban J connectivity index is 1.62. The molecule has 222 valence electrons. The number of nitriles is 1. The summed E-state index contributed by atoms with van der Waals surface area (Å²) in [6.45, 7) is 9.44. The van der Waals surface area contributed by atoms with Crippen molar-refractivity contribution in [2.75, 3.05) is 13.1 Å². The Bertz CT molecular complexity index is 1430. The summed E-state index contributed by atoms with van der Waals surface area (Å²) < 4.78 is 8.23. The molecule has 2 N–H and O–H groups in total. The first kappa shape index (κ1) is 30.6. The van der Waals surface area contributed by atoms with Crippen LogP contribution in [0.25, 0.3) is 0 Å². The van der Waals surface area contributed by atoms with Crippen molar-refractivity contribution in [2.45, 2.75) is 77.3 Å². The number of rotatable bonds is 9. The summed E-state index contributed by atoms with van der Waals surface area (Å²) >= 11 is 0. The molecule has 9 nitrogen and oxygen atoms in total. The zero-order chi connectivity index (χ0) is 30.3. The highest BCUT2D eigenvalue weighted by Crippen LogP contribution is 2.34. The van der Waals surface area contributed by atoms with Gasteiger partial charge in [0, 0.05) is 44.0 Å². The lowest BCUT2D eigenvalue weighted by Crippen LogP contribution is -2.47. The summed E-state index contributed by atoms with van der Waals surface area (Å²) in [7, 11) is 1.91. The number of nitrogens with one attached hydrogen (secondary N) is 2. The second kappa shape index (κ2) is 13.6. The van der Waals surface area contributed by atoms with Gasteiger partial charge in [0.15, 0.2) is 0 Å². The molecule has 0 bridgehead atoms. The van der Waals surface area contributed by atoms with Crippen molar-refractivity contribution in [1.29, 1.82) is 5.26 Å². The van der Waals surface area contributed by atoms with Crippen LogP contribution >= 0.6 is 0 Å². The van der Waals surface area contributed by atoms with E-state index in [1.165, 1.54) is 0 Å². The van der Waals surface area contributed by atoms with E-state index in [2.05, 4.69) is 28.6 Å². The van der Waals surface area contributed by atoms with Crippen LogP contribution in [0.3, 0.4) is 0 Å². The molecule has 1 aliphatic rings. The number of aromatic nitrogens is 2. The molecule has 0 radical (unpaired) electrons. The van der Waals surface area contributed by atoms with Gasteiger partial charge in [-0.1, -0.05) is 31.5 Å². The first-order chi connectivity index (χ1) is 20.1. The van der Waals surface area contributed by atoms with E-state index < -0.39 is 11.6 Å². The lowest BCUT2D eigenvalue weighted by molar-refractivity contribution is -0.132. The van der Waals surface area contributed by atoms with Crippen LogP contribution in [-0.2, 0) is 18.3 Å². The summed E-state index contributed by atoms with van der Waals surface area (Å²) in [6, 6.07) is 14.5. The van der Waals surface area contributed by atoms with Crippen molar-refractivity contribution in [3.8, 4) is 17.6 Å². The van der Waals surface area contributed by atoms with Gasteiger partial charge in [-0.05, 0) is 75.4 Å². The van der Waals surface area contributed by atoms with Crippen LogP contribution in [0, 0.1) is 11.3 Å². The molecule has 1 aliphatic heterocycles. The van der Waals surface area contributed by atoms with E-state index in [-0.39, 0.29) is 17.9 Å². The third kappa shape index (κ3) is 7.90. The Morgan fingerprint density at radius 2 is 2.02 bits per heavy atom. The zero-order valence-electron chi connectivity index (χ0n) is 25.3. The maximum atomic E-state index is 13.4. The van der Waals surface area contributed by atoms with Gasteiger partial charge in [-0.2, -0.15) is 5.26 Å². The number of hydrogen-bond donors (Lipinski definition) is 2. The average Bonchev–Trinajstić information content (AvgIpc) is 3.25. The fraction of sp³-hybridized carbons (Fsp3) is 0.455. The molecule has 0 aliphatic carbocycles. The van der Waals surface area contributed by atoms with Crippen LogP contribution in [0.4, 0.5) is 4.79 Å². The van der Waals surface area contributed by atoms with E-state index in [4.69, 9.17) is 4.74 Å². The smallest absolute Gasteiger partial charge is 0.315 e. The Hall–Kier alpha value is -4.32. The fourth-order valence-corrected chi connectivity index (χ4v) is 5.34. The number of ether oxygens (including phenoxy) is 1. The lowest BCUT2D eigenvalue weighted by atomic mass is 9.93. The third-order valence-corrected chi connectivity index (χ3v) is 7.41. The van der Waals surface area contributed by atoms with Gasteiger partial charge in [-0.25, -0.2) is 9.78 Å². The average molecular weight is 571 g/mol. The molecule has 0 spiro atoms. The molecule has 42 heavy (non-hydrogen) atoms. The summed E-state index contributed by atoms with van der Waals surface area (Å²) in [5, 5.41) is 15.9. The van der Waals surface area contributed by atoms with E-state index >= 15 is 0 Å². The Morgan fingerprint density at radius 3 is 2.71 bits per heavy atom. The number of aryl methyl sites for hydroxylation is 1. The molecule has 0 saturated carbocycles. The van der Waals surface area contributed by atoms with Crippen LogP contribution in [0.5, 0.6) is 11.5 Å². The fourth-order valence-electron chi connectivity index (χ4n) is 5.34. The van der Waals surface area contributed by atoms with Crippen molar-refractivity contribution < 1.29 is 14.3 Å². The van der Waals surface area contributed by atoms with E-state index in [0.29, 0.717) is 23.5 Å². The number of carbonyl (C=O) groups is 2. The number of imidazole rings is 1. The van der Waals surface area contributed by atoms with Gasteiger partial charge in [0.05, 0.1) is 23.9 Å². The highest BCUT2D eigenvalue weighted by Gasteiger charge is 2.28. The van der Waals surface area contributed by atoms with Crippen molar-refractivity contribution in [3.05, 3.63) is 77.4 Å². The number of carbonyl (C=O) groups excluding carboxylic acids is 2. The molecule has 1 fully saturated rings. The van der Waals surface area contributed by atoms with Crippen LogP contribution in [0.1, 0.15) is 87.7 Å². The van der Waals surface area contributed by atoms with Crippen LogP contribution in [-0.4, -0.2) is 45.0 Å². The van der Waals surface area contributed by atoms with Crippen LogP contribution in [0.2, 0.25) is 0 Å². The maximum Gasteiger partial charge on any atom is 0.315 e. The topological polar surface area (TPSA) is 112 Å². The maximum absolute atomic E-state index is 13.4. The predicted molar refractivity (Wildman–Crippen MR) is 162 cm³/mol. The van der Waals surface area contributed by atoms with Crippen molar-refractivity contribution >= 4 is 11.9 Å². The predicted octanol–water partition coefficient (Wildman–Crippen LogP) is 5.97. The van der Waals surface area contributed by atoms with Crippen LogP contribution in [0.15, 0.2) is 55.0 Å². The Labute approximate surface area is 248 Å². The van der Waals surface area contributed by atoms with E-state index in [1.807, 2.05) is 73.7 Å². The van der Waals surface area contributed by atoms with E-state index in [1.54, 1.807) is 18.6 Å². The van der Waals surface area contributed by atoms with Gasteiger partial charge in [0.25, 0.3) is 0 Å². The number of benzene rings is 2. The molecular weight excluding hydrogens is 528 g/mol. The van der Waals surface area contributed by atoms with Gasteiger partial charge < -0.3 is 24.8 Å². The second-order valence-electron chi connectivity index (χ2n) is 12.0. The van der Waals surface area contributed by atoms with E-state index in [9.17, 15) is 14.9 Å². The molecule has 3 aromatic rings. The first-order valence-electron chi connectivity index (χ1n) is 14.7. The number of hydrogen-bond acceptors (Lipinski definition) is 5. The molecule has 2 unspecified atom stereocenters. The number of likely N-dealkylation sites (tertiary alicyclic amines) is 1. The van der Waals surface area contributed by atoms with Crippen molar-refractivity contribution in [1.82, 2.24) is 25.1 Å².